The van der Waals surface area contributed by atoms with E-state index in [1.54, 1.807) is 0 Å². The molecule has 1 N–H and O–H groups in total. The molecule has 0 amide bonds. The largest absolute Gasteiger partial charge is 0.464 e. The third-order valence-corrected chi connectivity index (χ3v) is 3.05. The van der Waals surface area contributed by atoms with Gasteiger partial charge in [0.25, 0.3) is 0 Å². The number of aliphatic hydroxyl groups is 1. The zero-order chi connectivity index (χ0) is 9.42. The minimum absolute atomic E-state index is 0.662. The van der Waals surface area contributed by atoms with Crippen molar-refractivity contribution in [3.8, 4) is 5.75 Å². The third-order valence-electron chi connectivity index (χ3n) is 2.00. The predicted molar refractivity (Wildman–Crippen MR) is 56.8 cm³/mol. The van der Waals surface area contributed by atoms with Gasteiger partial charge < -0.3 is 9.84 Å². The van der Waals surface area contributed by atoms with Crippen LogP contribution in [0.1, 0.15) is 12.0 Å². The summed E-state index contributed by atoms with van der Waals surface area (Å²) in [6.07, 6.45) is 0.856. The number of benzene rings is 1. The number of aryl methyl sites for hydroxylation is 1. The fourth-order valence-electron chi connectivity index (χ4n) is 1.41. The van der Waals surface area contributed by atoms with Crippen molar-refractivity contribution in [3.05, 3.63) is 26.6 Å². The molecule has 1 aromatic carbocycles. The van der Waals surface area contributed by atoms with Crippen LogP contribution in [0, 0.1) is 0 Å². The average Bonchev–Trinajstić information content (AvgIpc) is 2.06. The second-order valence-corrected chi connectivity index (χ2v) is 4.76. The Balaban J connectivity index is 2.47. The van der Waals surface area contributed by atoms with Crippen molar-refractivity contribution in [3.63, 3.8) is 0 Å². The number of ether oxygens (including phenoxy) is 1. The molecule has 0 radical (unpaired) electrons. The van der Waals surface area contributed by atoms with Gasteiger partial charge in [-0.15, -0.1) is 0 Å². The second-order valence-electron chi connectivity index (χ2n) is 2.99. The summed E-state index contributed by atoms with van der Waals surface area (Å²) in [5.74, 6) is 0.766. The molecule has 1 aliphatic heterocycles. The Morgan fingerprint density at radius 1 is 1.38 bits per heavy atom. The first kappa shape index (κ1) is 9.49. The lowest BCUT2D eigenvalue weighted by Gasteiger charge is -2.23. The first-order valence-corrected chi connectivity index (χ1v) is 5.58. The zero-order valence-electron chi connectivity index (χ0n) is 6.76. The topological polar surface area (TPSA) is 29.5 Å². The molecule has 70 valence electrons. The Morgan fingerprint density at radius 2 is 2.15 bits per heavy atom. The van der Waals surface area contributed by atoms with Gasteiger partial charge in [0, 0.05) is 10.9 Å². The van der Waals surface area contributed by atoms with Gasteiger partial charge in [-0.25, -0.2) is 0 Å². The van der Waals surface area contributed by atoms with E-state index in [1.165, 1.54) is 0 Å². The Labute approximate surface area is 93.2 Å². The van der Waals surface area contributed by atoms with Gasteiger partial charge in [-0.1, -0.05) is 15.9 Å². The Bertz CT molecular complexity index is 339. The van der Waals surface area contributed by atoms with Crippen LogP contribution in [-0.4, -0.2) is 11.4 Å². The molecule has 1 aromatic rings. The van der Waals surface area contributed by atoms with Gasteiger partial charge in [0.2, 0.25) is 0 Å². The molecule has 0 bridgehead atoms. The average molecular weight is 308 g/mol. The molecule has 2 rings (SSSR count). The van der Waals surface area contributed by atoms with Crippen molar-refractivity contribution >= 4 is 31.9 Å². The van der Waals surface area contributed by atoms with Crippen molar-refractivity contribution in [1.82, 2.24) is 0 Å². The normalized spacial score (nSPS) is 20.7. The predicted octanol–water partition coefficient (Wildman–Crippen LogP) is 2.86. The van der Waals surface area contributed by atoms with Gasteiger partial charge in [0.15, 0.2) is 6.29 Å². The van der Waals surface area contributed by atoms with Crippen molar-refractivity contribution in [2.24, 2.45) is 0 Å². The van der Waals surface area contributed by atoms with Crippen LogP contribution in [0.2, 0.25) is 0 Å². The number of fused-ring (bicyclic) bond motifs is 1. The molecule has 0 spiro atoms. The van der Waals surface area contributed by atoms with Gasteiger partial charge in [0.1, 0.15) is 5.75 Å². The van der Waals surface area contributed by atoms with E-state index >= 15 is 0 Å². The summed E-state index contributed by atoms with van der Waals surface area (Å²) in [5.41, 5.74) is 1.13. The smallest absolute Gasteiger partial charge is 0.197 e. The van der Waals surface area contributed by atoms with Gasteiger partial charge in [-0.05, 0) is 40.0 Å². The highest BCUT2D eigenvalue weighted by molar-refractivity contribution is 9.11. The molecule has 4 heteroatoms. The van der Waals surface area contributed by atoms with Crippen molar-refractivity contribution in [2.75, 3.05) is 0 Å². The lowest BCUT2D eigenvalue weighted by atomic mass is 10.1. The molecule has 1 aliphatic rings. The van der Waals surface area contributed by atoms with E-state index in [9.17, 15) is 5.11 Å². The Kier molecular flexibility index (Phi) is 2.62. The monoisotopic (exact) mass is 306 g/mol. The van der Waals surface area contributed by atoms with Crippen molar-refractivity contribution in [1.29, 1.82) is 0 Å². The van der Waals surface area contributed by atoms with Crippen LogP contribution < -0.4 is 4.74 Å². The molecule has 1 unspecified atom stereocenters. The van der Waals surface area contributed by atoms with Crippen LogP contribution in [-0.2, 0) is 6.42 Å². The number of aliphatic hydroxyl groups excluding tert-OH is 1. The summed E-state index contributed by atoms with van der Waals surface area (Å²) in [7, 11) is 0. The first-order chi connectivity index (χ1) is 6.16. The summed E-state index contributed by atoms with van der Waals surface area (Å²) in [5, 5.41) is 9.29. The van der Waals surface area contributed by atoms with Gasteiger partial charge >= 0.3 is 0 Å². The molecule has 1 heterocycles. The van der Waals surface area contributed by atoms with Crippen LogP contribution >= 0.6 is 31.9 Å². The van der Waals surface area contributed by atoms with Crippen LogP contribution in [0.4, 0.5) is 0 Å². The minimum atomic E-state index is -0.662. The van der Waals surface area contributed by atoms with Crippen molar-refractivity contribution in [2.45, 2.75) is 19.1 Å². The molecule has 0 aromatic heterocycles. The van der Waals surface area contributed by atoms with E-state index in [-0.39, 0.29) is 0 Å². The van der Waals surface area contributed by atoms with Gasteiger partial charge in [-0.3, -0.25) is 0 Å². The fourth-order valence-corrected chi connectivity index (χ4v) is 2.81. The summed E-state index contributed by atoms with van der Waals surface area (Å²) >= 11 is 6.80. The lowest BCUT2D eigenvalue weighted by molar-refractivity contribution is -0.0322. The van der Waals surface area contributed by atoms with E-state index < -0.39 is 6.29 Å². The second kappa shape index (κ2) is 3.59. The molecule has 1 atom stereocenters. The van der Waals surface area contributed by atoms with E-state index in [4.69, 9.17) is 4.74 Å². The van der Waals surface area contributed by atoms with Gasteiger partial charge in [0.05, 0.1) is 4.47 Å². The van der Waals surface area contributed by atoms with E-state index in [0.717, 1.165) is 26.7 Å². The van der Waals surface area contributed by atoms with E-state index in [2.05, 4.69) is 31.9 Å². The molecular weight excluding hydrogens is 300 g/mol. The maximum Gasteiger partial charge on any atom is 0.197 e. The highest BCUT2D eigenvalue weighted by atomic mass is 79.9. The SMILES string of the molecule is OC1CCc2cc(Br)cc(Br)c2O1. The maximum atomic E-state index is 9.29. The molecular formula is C9H8Br2O2. The molecule has 0 aliphatic carbocycles. The molecule has 2 nitrogen and oxygen atoms in total. The maximum absolute atomic E-state index is 9.29. The summed E-state index contributed by atoms with van der Waals surface area (Å²) in [4.78, 5) is 0. The molecule has 0 saturated heterocycles. The van der Waals surface area contributed by atoms with E-state index in [0.29, 0.717) is 6.42 Å². The van der Waals surface area contributed by atoms with Crippen LogP contribution in [0.25, 0.3) is 0 Å². The lowest BCUT2D eigenvalue weighted by Crippen LogP contribution is -2.21. The highest BCUT2D eigenvalue weighted by Crippen LogP contribution is 2.36. The summed E-state index contributed by atoms with van der Waals surface area (Å²) in [6, 6.07) is 3.93. The van der Waals surface area contributed by atoms with Crippen LogP contribution in [0.5, 0.6) is 5.75 Å². The fraction of sp³-hybridized carbons (Fsp3) is 0.333. The molecule has 13 heavy (non-hydrogen) atoms. The molecule has 0 saturated carbocycles. The van der Waals surface area contributed by atoms with Gasteiger partial charge in [-0.2, -0.15) is 0 Å². The highest BCUT2D eigenvalue weighted by Gasteiger charge is 2.19. The first-order valence-electron chi connectivity index (χ1n) is 3.99. The standard InChI is InChI=1S/C9H8Br2O2/c10-6-3-5-1-2-8(12)13-9(5)7(11)4-6/h3-4,8,12H,1-2H2. The molecule has 0 fully saturated rings. The Hall–Kier alpha value is -0.0600. The minimum Gasteiger partial charge on any atom is -0.464 e. The zero-order valence-corrected chi connectivity index (χ0v) is 9.93. The number of rotatable bonds is 0. The van der Waals surface area contributed by atoms with Crippen molar-refractivity contribution < 1.29 is 9.84 Å². The Morgan fingerprint density at radius 3 is 2.92 bits per heavy atom. The summed E-state index contributed by atoms with van der Waals surface area (Å²) in [6.45, 7) is 0. The van der Waals surface area contributed by atoms with Crippen LogP contribution in [0.15, 0.2) is 21.1 Å². The number of halogens is 2. The number of hydrogen-bond acceptors (Lipinski definition) is 2. The number of hydrogen-bond donors (Lipinski definition) is 1. The summed E-state index contributed by atoms with van der Waals surface area (Å²) < 4.78 is 7.22. The van der Waals surface area contributed by atoms with Crippen LogP contribution in [0.3, 0.4) is 0 Å². The third kappa shape index (κ3) is 1.90. The van der Waals surface area contributed by atoms with E-state index in [1.807, 2.05) is 12.1 Å². The quantitative estimate of drug-likeness (QED) is 0.798.